The van der Waals surface area contributed by atoms with Crippen molar-refractivity contribution in [3.8, 4) is 0 Å². The molecule has 0 aliphatic carbocycles. The van der Waals surface area contributed by atoms with E-state index in [2.05, 4.69) is 5.32 Å². The van der Waals surface area contributed by atoms with Crippen molar-refractivity contribution in [2.45, 2.75) is 25.3 Å². The molecule has 0 bridgehead atoms. The Labute approximate surface area is 82.1 Å². The van der Waals surface area contributed by atoms with E-state index in [1.807, 2.05) is 0 Å². The second-order valence-electron chi connectivity index (χ2n) is 2.89. The number of aliphatic hydroxyl groups excluding tert-OH is 1. The molecule has 0 aromatic rings. The van der Waals surface area contributed by atoms with E-state index in [-0.39, 0.29) is 12.3 Å². The van der Waals surface area contributed by atoms with Gasteiger partial charge >= 0.3 is 5.97 Å². The average molecular weight is 204 g/mol. The van der Waals surface area contributed by atoms with Crippen LogP contribution >= 0.6 is 0 Å². The van der Waals surface area contributed by atoms with Crippen molar-refractivity contribution in [3.63, 3.8) is 0 Å². The lowest BCUT2D eigenvalue weighted by molar-refractivity contribution is -0.142. The first-order chi connectivity index (χ1) is 6.61. The molecule has 0 radical (unpaired) electrons. The number of carboxylic acid groups (broad SMARTS) is 1. The van der Waals surface area contributed by atoms with Crippen LogP contribution in [-0.2, 0) is 9.59 Å². The fourth-order valence-corrected chi connectivity index (χ4v) is 0.882. The fourth-order valence-electron chi connectivity index (χ4n) is 0.882. The first-order valence-corrected chi connectivity index (χ1v) is 4.45. The summed E-state index contributed by atoms with van der Waals surface area (Å²) < 4.78 is 0. The first kappa shape index (κ1) is 12.9. The van der Waals surface area contributed by atoms with Crippen molar-refractivity contribution in [3.05, 3.63) is 0 Å². The lowest BCUT2D eigenvalue weighted by Gasteiger charge is -2.10. The minimum absolute atomic E-state index is 0.237. The third-order valence-corrected chi connectivity index (χ3v) is 1.67. The number of aliphatic hydroxyl groups is 1. The molecule has 1 unspecified atom stereocenters. The van der Waals surface area contributed by atoms with Gasteiger partial charge in [0.05, 0.1) is 6.61 Å². The maximum Gasteiger partial charge on any atom is 0.328 e. The van der Waals surface area contributed by atoms with Gasteiger partial charge in [-0.3, -0.25) is 4.79 Å². The Bertz CT molecular complexity index is 196. The normalized spacial score (nSPS) is 12.1. The monoisotopic (exact) mass is 204 g/mol. The van der Waals surface area contributed by atoms with Crippen molar-refractivity contribution < 1.29 is 19.8 Å². The Morgan fingerprint density at radius 3 is 2.43 bits per heavy atom. The number of hydrogen-bond donors (Lipinski definition) is 4. The van der Waals surface area contributed by atoms with E-state index in [4.69, 9.17) is 15.9 Å². The third-order valence-electron chi connectivity index (χ3n) is 1.67. The molecule has 0 spiro atoms. The second kappa shape index (κ2) is 7.28. The van der Waals surface area contributed by atoms with Gasteiger partial charge in [0.25, 0.3) is 0 Å². The van der Waals surface area contributed by atoms with Crippen LogP contribution in [0.15, 0.2) is 0 Å². The van der Waals surface area contributed by atoms with Crippen molar-refractivity contribution in [1.29, 1.82) is 0 Å². The molecule has 0 aliphatic heterocycles. The molecule has 0 fully saturated rings. The standard InChI is InChI=1S/C8H16N2O4/c9-4-2-1-3-7(12)10-6(5-11)8(13)14/h6,11H,1-5,9H2,(H,10,12)(H,13,14). The van der Waals surface area contributed by atoms with Crippen LogP contribution in [0, 0.1) is 0 Å². The number of carboxylic acids is 1. The van der Waals surface area contributed by atoms with E-state index < -0.39 is 18.6 Å². The average Bonchev–Trinajstić information content (AvgIpc) is 2.14. The number of aliphatic carboxylic acids is 1. The molecule has 0 aromatic carbocycles. The van der Waals surface area contributed by atoms with Gasteiger partial charge in [-0.1, -0.05) is 0 Å². The topological polar surface area (TPSA) is 113 Å². The van der Waals surface area contributed by atoms with Crippen molar-refractivity contribution in [1.82, 2.24) is 5.32 Å². The summed E-state index contributed by atoms with van der Waals surface area (Å²) in [6.07, 6.45) is 1.59. The molecule has 0 rings (SSSR count). The van der Waals surface area contributed by atoms with Gasteiger partial charge in [-0.2, -0.15) is 0 Å². The Balaban J connectivity index is 3.74. The van der Waals surface area contributed by atoms with Crippen LogP contribution < -0.4 is 11.1 Å². The number of amides is 1. The molecule has 6 nitrogen and oxygen atoms in total. The molecule has 82 valence electrons. The lowest BCUT2D eigenvalue weighted by Crippen LogP contribution is -2.43. The van der Waals surface area contributed by atoms with Gasteiger partial charge in [0.1, 0.15) is 6.04 Å². The highest BCUT2D eigenvalue weighted by atomic mass is 16.4. The summed E-state index contributed by atoms with van der Waals surface area (Å²) in [7, 11) is 0. The molecule has 0 aromatic heterocycles. The molecular formula is C8H16N2O4. The van der Waals surface area contributed by atoms with Gasteiger partial charge in [0.15, 0.2) is 0 Å². The highest BCUT2D eigenvalue weighted by Crippen LogP contribution is 1.94. The number of carbonyl (C=O) groups is 2. The number of unbranched alkanes of at least 4 members (excludes halogenated alkanes) is 1. The summed E-state index contributed by atoms with van der Waals surface area (Å²) in [5, 5.41) is 19.3. The van der Waals surface area contributed by atoms with Crippen LogP contribution in [-0.4, -0.2) is 41.3 Å². The molecule has 5 N–H and O–H groups in total. The predicted molar refractivity (Wildman–Crippen MR) is 49.6 cm³/mol. The van der Waals surface area contributed by atoms with E-state index in [1.54, 1.807) is 0 Å². The van der Waals surface area contributed by atoms with E-state index in [0.717, 1.165) is 6.42 Å². The number of hydrogen-bond acceptors (Lipinski definition) is 4. The van der Waals surface area contributed by atoms with Gasteiger partial charge in [-0.25, -0.2) is 4.79 Å². The van der Waals surface area contributed by atoms with Crippen molar-refractivity contribution in [2.24, 2.45) is 5.73 Å². The number of nitrogens with two attached hydrogens (primary N) is 1. The van der Waals surface area contributed by atoms with Crippen molar-refractivity contribution in [2.75, 3.05) is 13.2 Å². The summed E-state index contributed by atoms with van der Waals surface area (Å²) >= 11 is 0. The molecule has 1 amide bonds. The maximum absolute atomic E-state index is 11.1. The third kappa shape index (κ3) is 5.50. The molecule has 6 heteroatoms. The summed E-state index contributed by atoms with van der Waals surface area (Å²) in [6.45, 7) is -0.0897. The van der Waals surface area contributed by atoms with E-state index in [9.17, 15) is 9.59 Å². The Morgan fingerprint density at radius 2 is 2.00 bits per heavy atom. The molecule has 0 heterocycles. The number of nitrogens with one attached hydrogen (secondary N) is 1. The minimum Gasteiger partial charge on any atom is -0.480 e. The zero-order valence-electron chi connectivity index (χ0n) is 7.90. The zero-order chi connectivity index (χ0) is 11.0. The fraction of sp³-hybridized carbons (Fsp3) is 0.750. The summed E-state index contributed by atoms with van der Waals surface area (Å²) in [6, 6.07) is -1.21. The molecule has 1 atom stereocenters. The van der Waals surface area contributed by atoms with Crippen LogP contribution in [0.5, 0.6) is 0 Å². The quantitative estimate of drug-likeness (QED) is 0.384. The molecule has 0 aliphatic rings. The van der Waals surface area contributed by atoms with Crippen molar-refractivity contribution >= 4 is 11.9 Å². The zero-order valence-corrected chi connectivity index (χ0v) is 7.90. The molecular weight excluding hydrogens is 188 g/mol. The van der Waals surface area contributed by atoms with Crippen LogP contribution in [0.4, 0.5) is 0 Å². The van der Waals surface area contributed by atoms with Gasteiger partial charge < -0.3 is 21.3 Å². The summed E-state index contributed by atoms with van der Waals surface area (Å²) in [4.78, 5) is 21.5. The SMILES string of the molecule is NCCCCC(=O)NC(CO)C(=O)O. The summed E-state index contributed by atoms with van der Waals surface area (Å²) in [5.74, 6) is -1.61. The van der Waals surface area contributed by atoms with Crippen LogP contribution in [0.2, 0.25) is 0 Å². The molecule has 14 heavy (non-hydrogen) atoms. The van der Waals surface area contributed by atoms with Gasteiger partial charge in [0, 0.05) is 6.42 Å². The maximum atomic E-state index is 11.1. The Hall–Kier alpha value is -1.14. The van der Waals surface area contributed by atoms with Crippen LogP contribution in [0.3, 0.4) is 0 Å². The Morgan fingerprint density at radius 1 is 1.36 bits per heavy atom. The van der Waals surface area contributed by atoms with E-state index in [0.29, 0.717) is 13.0 Å². The van der Waals surface area contributed by atoms with E-state index >= 15 is 0 Å². The molecule has 0 saturated heterocycles. The van der Waals surface area contributed by atoms with Crippen LogP contribution in [0.1, 0.15) is 19.3 Å². The highest BCUT2D eigenvalue weighted by molar-refractivity contribution is 5.83. The van der Waals surface area contributed by atoms with E-state index in [1.165, 1.54) is 0 Å². The lowest BCUT2D eigenvalue weighted by atomic mass is 10.2. The minimum atomic E-state index is -1.24. The Kier molecular flexibility index (Phi) is 6.69. The predicted octanol–water partition coefficient (Wildman–Crippen LogP) is -1.32. The number of carbonyl (C=O) groups excluding carboxylic acids is 1. The van der Waals surface area contributed by atoms with Gasteiger partial charge in [0.2, 0.25) is 5.91 Å². The first-order valence-electron chi connectivity index (χ1n) is 4.45. The number of rotatable bonds is 7. The second-order valence-corrected chi connectivity index (χ2v) is 2.89. The highest BCUT2D eigenvalue weighted by Gasteiger charge is 2.17. The largest absolute Gasteiger partial charge is 0.480 e. The smallest absolute Gasteiger partial charge is 0.328 e. The van der Waals surface area contributed by atoms with Gasteiger partial charge in [-0.15, -0.1) is 0 Å². The van der Waals surface area contributed by atoms with Gasteiger partial charge in [-0.05, 0) is 19.4 Å². The summed E-state index contributed by atoms with van der Waals surface area (Å²) in [5.41, 5.74) is 5.22. The van der Waals surface area contributed by atoms with Crippen LogP contribution in [0.25, 0.3) is 0 Å². The molecule has 0 saturated carbocycles.